The summed E-state index contributed by atoms with van der Waals surface area (Å²) in [6.07, 6.45) is 1.88. The van der Waals surface area contributed by atoms with Gasteiger partial charge in [-0.05, 0) is 68.0 Å². The Balaban J connectivity index is 0.000000535. The highest BCUT2D eigenvalue weighted by Crippen LogP contribution is 2.41. The zero-order valence-corrected chi connectivity index (χ0v) is 19.2. The smallest absolute Gasteiger partial charge is 0.0733 e. The molecule has 0 saturated heterocycles. The Bertz CT molecular complexity index is 1470. The number of nitrogens with zero attached hydrogens (tertiary/aromatic N) is 1. The van der Waals surface area contributed by atoms with Crippen molar-refractivity contribution in [2.75, 3.05) is 0 Å². The lowest BCUT2D eigenvalue weighted by Crippen LogP contribution is -1.84. The number of rotatable bonds is 2. The quantitative estimate of drug-likeness (QED) is 0.200. The number of benzene rings is 4. The largest absolute Gasteiger partial charge is 0.261 e. The third-order valence-electron chi connectivity index (χ3n) is 5.42. The summed E-state index contributed by atoms with van der Waals surface area (Å²) in [5, 5.41) is 5.13. The van der Waals surface area contributed by atoms with E-state index in [0.717, 1.165) is 5.69 Å². The van der Waals surface area contributed by atoms with Crippen LogP contribution in [0, 0.1) is 18.8 Å². The van der Waals surface area contributed by atoms with E-state index in [0.29, 0.717) is 0 Å². The Morgan fingerprint density at radius 3 is 2.32 bits per heavy atom. The first-order chi connectivity index (χ1) is 15.2. The predicted molar refractivity (Wildman–Crippen MR) is 140 cm³/mol. The van der Waals surface area contributed by atoms with Crippen LogP contribution >= 0.6 is 11.3 Å². The molecule has 0 saturated carbocycles. The summed E-state index contributed by atoms with van der Waals surface area (Å²) in [6.45, 7) is 7.74. The summed E-state index contributed by atoms with van der Waals surface area (Å²) in [7, 11) is 0. The molecule has 1 aromatic heterocycles. The highest BCUT2D eigenvalue weighted by molar-refractivity contribution is 7.25. The molecule has 0 aliphatic heterocycles. The van der Waals surface area contributed by atoms with Crippen molar-refractivity contribution in [1.82, 2.24) is 0 Å². The van der Waals surface area contributed by atoms with Crippen molar-refractivity contribution in [2.24, 2.45) is 4.99 Å². The summed E-state index contributed by atoms with van der Waals surface area (Å²) < 4.78 is 2.68. The second kappa shape index (κ2) is 9.16. The van der Waals surface area contributed by atoms with Gasteiger partial charge in [0.2, 0.25) is 0 Å². The lowest BCUT2D eigenvalue weighted by Gasteiger charge is -2.10. The molecule has 0 atom stereocenters. The van der Waals surface area contributed by atoms with Crippen molar-refractivity contribution in [2.45, 2.75) is 27.7 Å². The molecule has 0 unspecified atom stereocenters. The van der Waals surface area contributed by atoms with Gasteiger partial charge in [0, 0.05) is 31.8 Å². The van der Waals surface area contributed by atoms with Gasteiger partial charge < -0.3 is 0 Å². The van der Waals surface area contributed by atoms with Crippen LogP contribution in [0.15, 0.2) is 77.8 Å². The standard InChI is InChI=1S/C25H19NS.C4H6/c1-3-26-25-16(2)11-12-17-13-14-18(15-21(17)25)19-8-6-10-23-24(19)20-7-4-5-9-22(20)27-23;1-3-4-2/h3-15H,1-2H3;1-2H3. The molecule has 152 valence electrons. The molecule has 0 N–H and O–H groups in total. The molecule has 1 nitrogen and oxygen atoms in total. The van der Waals surface area contributed by atoms with Crippen LogP contribution in [-0.2, 0) is 0 Å². The molecule has 0 aliphatic carbocycles. The Kier molecular flexibility index (Phi) is 6.16. The van der Waals surface area contributed by atoms with Crippen LogP contribution in [0.1, 0.15) is 26.3 Å². The van der Waals surface area contributed by atoms with Crippen LogP contribution in [0.5, 0.6) is 0 Å². The molecular formula is C29H25NS. The number of hydrogen-bond acceptors (Lipinski definition) is 2. The van der Waals surface area contributed by atoms with Gasteiger partial charge in [-0.2, -0.15) is 0 Å². The van der Waals surface area contributed by atoms with Gasteiger partial charge in [0.05, 0.1) is 5.69 Å². The van der Waals surface area contributed by atoms with E-state index < -0.39 is 0 Å². The molecule has 0 bridgehead atoms. The van der Waals surface area contributed by atoms with E-state index in [9.17, 15) is 0 Å². The van der Waals surface area contributed by atoms with E-state index in [-0.39, 0.29) is 0 Å². The summed E-state index contributed by atoms with van der Waals surface area (Å²) >= 11 is 1.86. The maximum atomic E-state index is 4.65. The lowest BCUT2D eigenvalue weighted by molar-refractivity contribution is 1.43. The second-order valence-electron chi connectivity index (χ2n) is 7.33. The lowest BCUT2D eigenvalue weighted by atomic mass is 9.95. The van der Waals surface area contributed by atoms with E-state index in [1.165, 1.54) is 47.6 Å². The van der Waals surface area contributed by atoms with E-state index >= 15 is 0 Å². The SMILES string of the molecule is CC#CC.CC=Nc1c(C)ccc2ccc(-c3cccc4sc5ccccc5c34)cc12. The van der Waals surface area contributed by atoms with E-state index in [1.54, 1.807) is 0 Å². The molecule has 1 heterocycles. The summed E-state index contributed by atoms with van der Waals surface area (Å²) in [6, 6.07) is 26.4. The molecule has 5 rings (SSSR count). The van der Waals surface area contributed by atoms with Crippen molar-refractivity contribution in [3.63, 3.8) is 0 Å². The van der Waals surface area contributed by atoms with Gasteiger partial charge >= 0.3 is 0 Å². The van der Waals surface area contributed by atoms with Gasteiger partial charge in [0.1, 0.15) is 0 Å². The van der Waals surface area contributed by atoms with Crippen LogP contribution < -0.4 is 0 Å². The normalized spacial score (nSPS) is 10.8. The van der Waals surface area contributed by atoms with E-state index in [2.05, 4.69) is 96.6 Å². The molecule has 0 radical (unpaired) electrons. The first-order valence-electron chi connectivity index (χ1n) is 10.4. The van der Waals surface area contributed by atoms with Crippen LogP contribution in [0.4, 0.5) is 5.69 Å². The van der Waals surface area contributed by atoms with Gasteiger partial charge in [0.25, 0.3) is 0 Å². The third-order valence-corrected chi connectivity index (χ3v) is 6.55. The van der Waals surface area contributed by atoms with Crippen LogP contribution in [0.2, 0.25) is 0 Å². The molecule has 5 aromatic rings. The van der Waals surface area contributed by atoms with Crippen LogP contribution in [0.25, 0.3) is 42.1 Å². The highest BCUT2D eigenvalue weighted by Gasteiger charge is 2.12. The molecule has 4 aromatic carbocycles. The third kappa shape index (κ3) is 3.98. The maximum Gasteiger partial charge on any atom is 0.0733 e. The Morgan fingerprint density at radius 1 is 0.806 bits per heavy atom. The minimum atomic E-state index is 1.07. The molecule has 0 spiro atoms. The van der Waals surface area contributed by atoms with E-state index in [1.807, 2.05) is 38.3 Å². The average molecular weight is 420 g/mol. The Hall–Kier alpha value is -3.41. The van der Waals surface area contributed by atoms with Crippen molar-refractivity contribution in [3.05, 3.63) is 78.4 Å². The summed E-state index contributed by atoms with van der Waals surface area (Å²) in [5.74, 6) is 5.36. The van der Waals surface area contributed by atoms with Gasteiger partial charge in [-0.3, -0.25) is 4.99 Å². The Morgan fingerprint density at radius 2 is 1.55 bits per heavy atom. The zero-order valence-electron chi connectivity index (χ0n) is 18.4. The first-order valence-corrected chi connectivity index (χ1v) is 11.3. The van der Waals surface area contributed by atoms with Crippen LogP contribution in [0.3, 0.4) is 0 Å². The topological polar surface area (TPSA) is 12.4 Å². The zero-order chi connectivity index (χ0) is 21.8. The molecule has 0 fully saturated rings. The van der Waals surface area contributed by atoms with Gasteiger partial charge in [0.15, 0.2) is 0 Å². The highest BCUT2D eigenvalue weighted by atomic mass is 32.1. The number of thiophene rings is 1. The number of aliphatic imine (C=N–C) groups is 1. The molecule has 0 aliphatic rings. The average Bonchev–Trinajstić information content (AvgIpc) is 3.20. The molecule has 0 amide bonds. The Labute approximate surface area is 188 Å². The first kappa shape index (κ1) is 20.8. The van der Waals surface area contributed by atoms with Crippen molar-refractivity contribution in [3.8, 4) is 23.0 Å². The van der Waals surface area contributed by atoms with Gasteiger partial charge in [-0.15, -0.1) is 23.2 Å². The number of hydrogen-bond donors (Lipinski definition) is 0. The second-order valence-corrected chi connectivity index (χ2v) is 8.41. The fourth-order valence-corrected chi connectivity index (χ4v) is 5.03. The maximum absolute atomic E-state index is 4.65. The van der Waals surface area contributed by atoms with Crippen molar-refractivity contribution < 1.29 is 0 Å². The van der Waals surface area contributed by atoms with Crippen molar-refractivity contribution >= 4 is 54.2 Å². The monoisotopic (exact) mass is 419 g/mol. The van der Waals surface area contributed by atoms with Gasteiger partial charge in [-0.25, -0.2) is 0 Å². The molecule has 31 heavy (non-hydrogen) atoms. The van der Waals surface area contributed by atoms with Crippen molar-refractivity contribution in [1.29, 1.82) is 0 Å². The predicted octanol–water partition coefficient (Wildman–Crippen LogP) is 8.93. The summed E-state index contributed by atoms with van der Waals surface area (Å²) in [5.41, 5.74) is 4.81. The minimum Gasteiger partial charge on any atom is -0.261 e. The number of aryl methyl sites for hydroxylation is 1. The fraction of sp³-hybridized carbons (Fsp3) is 0.138. The van der Waals surface area contributed by atoms with Gasteiger partial charge in [-0.1, -0.05) is 54.6 Å². The number of fused-ring (bicyclic) bond motifs is 4. The van der Waals surface area contributed by atoms with Crippen LogP contribution in [-0.4, -0.2) is 6.21 Å². The summed E-state index contributed by atoms with van der Waals surface area (Å²) in [4.78, 5) is 4.65. The fourth-order valence-electron chi connectivity index (χ4n) is 3.90. The molecular weight excluding hydrogens is 394 g/mol. The molecule has 2 heteroatoms. The minimum absolute atomic E-state index is 1.07. The van der Waals surface area contributed by atoms with E-state index in [4.69, 9.17) is 0 Å².